The van der Waals surface area contributed by atoms with Crippen molar-refractivity contribution in [2.75, 3.05) is 26.3 Å². The Morgan fingerprint density at radius 3 is 1.96 bits per heavy atom. The van der Waals surface area contributed by atoms with Gasteiger partial charge in [0.05, 0.1) is 27.1 Å². The third kappa shape index (κ3) is 4.67. The zero-order valence-electron chi connectivity index (χ0n) is 15.7. The number of hydrogen-bond acceptors (Lipinski definition) is 7. The van der Waals surface area contributed by atoms with Crippen molar-refractivity contribution in [2.24, 2.45) is 11.5 Å². The van der Waals surface area contributed by atoms with Gasteiger partial charge < -0.3 is 26.3 Å². The molecule has 7 nitrogen and oxygen atoms in total. The van der Waals surface area contributed by atoms with Gasteiger partial charge in [0, 0.05) is 24.5 Å². The molecule has 1 heterocycles. The quantitative estimate of drug-likeness (QED) is 0.571. The summed E-state index contributed by atoms with van der Waals surface area (Å²) in [6.45, 7) is 3.87. The monoisotopic (exact) mass is 427 g/mol. The highest BCUT2D eigenvalue weighted by atomic mass is 35.5. The highest BCUT2D eigenvalue weighted by Gasteiger charge is 2.39. The predicted molar refractivity (Wildman–Crippen MR) is 108 cm³/mol. The zero-order valence-corrected chi connectivity index (χ0v) is 17.2. The molecule has 0 spiro atoms. The fourth-order valence-corrected chi connectivity index (χ4v) is 3.47. The number of carbonyl (C=O) groups excluding carboxylic acids is 2. The van der Waals surface area contributed by atoms with Gasteiger partial charge in [-0.1, -0.05) is 35.3 Å². The van der Waals surface area contributed by atoms with Gasteiger partial charge in [-0.15, -0.1) is 0 Å². The Kier molecular flexibility index (Phi) is 7.88. The minimum Gasteiger partial charge on any atom is -0.461 e. The van der Waals surface area contributed by atoms with Crippen LogP contribution in [-0.4, -0.2) is 38.2 Å². The molecule has 0 radical (unpaired) electrons. The molecular weight excluding hydrogens is 405 g/mol. The lowest BCUT2D eigenvalue weighted by molar-refractivity contribution is -0.139. The van der Waals surface area contributed by atoms with Gasteiger partial charge in [-0.2, -0.15) is 0 Å². The number of nitrogens with one attached hydrogen (secondary N) is 1. The first-order valence-corrected chi connectivity index (χ1v) is 9.45. The van der Waals surface area contributed by atoms with Crippen LogP contribution >= 0.6 is 23.2 Å². The number of nitrogens with two attached hydrogens (primary N) is 2. The Labute approximate surface area is 173 Å². The fraction of sp³-hybridized carbons (Fsp3) is 0.368. The van der Waals surface area contributed by atoms with Crippen molar-refractivity contribution in [3.8, 4) is 0 Å². The number of halogens is 2. The van der Waals surface area contributed by atoms with E-state index in [1.807, 2.05) is 0 Å². The van der Waals surface area contributed by atoms with Crippen molar-refractivity contribution in [1.29, 1.82) is 0 Å². The molecule has 0 aliphatic carbocycles. The number of dihydropyridines is 1. The molecule has 1 aliphatic heterocycles. The molecule has 1 aromatic rings. The minimum atomic E-state index is -0.817. The van der Waals surface area contributed by atoms with Crippen molar-refractivity contribution < 1.29 is 19.1 Å². The third-order valence-electron chi connectivity index (χ3n) is 4.19. The summed E-state index contributed by atoms with van der Waals surface area (Å²) >= 11 is 12.6. The highest BCUT2D eigenvalue weighted by molar-refractivity contribution is 6.42. The van der Waals surface area contributed by atoms with Crippen LogP contribution in [0.4, 0.5) is 0 Å². The van der Waals surface area contributed by atoms with Crippen LogP contribution in [-0.2, 0) is 19.1 Å². The number of esters is 2. The highest BCUT2D eigenvalue weighted by Crippen LogP contribution is 2.43. The second kappa shape index (κ2) is 9.93. The van der Waals surface area contributed by atoms with E-state index in [4.69, 9.17) is 44.1 Å². The number of rotatable bonds is 7. The van der Waals surface area contributed by atoms with E-state index in [-0.39, 0.29) is 42.5 Å². The van der Waals surface area contributed by atoms with E-state index in [9.17, 15) is 9.59 Å². The van der Waals surface area contributed by atoms with E-state index in [1.165, 1.54) is 0 Å². The lowest BCUT2D eigenvalue weighted by atomic mass is 9.80. The average molecular weight is 428 g/mol. The van der Waals surface area contributed by atoms with E-state index in [0.29, 0.717) is 22.0 Å². The largest absolute Gasteiger partial charge is 0.461 e. The topological polar surface area (TPSA) is 117 Å². The maximum absolute atomic E-state index is 12.8. The normalized spacial score (nSPS) is 14.8. The summed E-state index contributed by atoms with van der Waals surface area (Å²) in [4.78, 5) is 25.6. The summed E-state index contributed by atoms with van der Waals surface area (Å²) in [5.41, 5.74) is 12.9. The second-order valence-corrected chi connectivity index (χ2v) is 6.91. The summed E-state index contributed by atoms with van der Waals surface area (Å²) in [7, 11) is 0. The Morgan fingerprint density at radius 1 is 1.00 bits per heavy atom. The molecule has 5 N–H and O–H groups in total. The van der Waals surface area contributed by atoms with Gasteiger partial charge >= 0.3 is 11.9 Å². The molecule has 0 aromatic heterocycles. The van der Waals surface area contributed by atoms with Gasteiger partial charge in [0.25, 0.3) is 0 Å². The molecule has 0 bridgehead atoms. The van der Waals surface area contributed by atoms with Crippen LogP contribution in [0.25, 0.3) is 0 Å². The number of ether oxygens (including phenoxy) is 2. The van der Waals surface area contributed by atoms with Crippen molar-refractivity contribution in [1.82, 2.24) is 5.32 Å². The Hall–Kier alpha value is -2.06. The van der Waals surface area contributed by atoms with Gasteiger partial charge in [0.15, 0.2) is 0 Å². The summed E-state index contributed by atoms with van der Waals surface area (Å²) in [6.07, 6.45) is 0. The number of carbonyl (C=O) groups is 2. The van der Waals surface area contributed by atoms with E-state index < -0.39 is 17.9 Å². The molecule has 28 heavy (non-hydrogen) atoms. The van der Waals surface area contributed by atoms with Crippen molar-refractivity contribution in [3.05, 3.63) is 56.3 Å². The molecule has 9 heteroatoms. The first-order chi connectivity index (χ1) is 13.3. The predicted octanol–water partition coefficient (Wildman–Crippen LogP) is 2.23. The van der Waals surface area contributed by atoms with Crippen LogP contribution in [0.3, 0.4) is 0 Å². The lowest BCUT2D eigenvalue weighted by Gasteiger charge is -2.31. The molecular formula is C19H23Cl2N3O4. The van der Waals surface area contributed by atoms with Gasteiger partial charge in [-0.25, -0.2) is 9.59 Å². The van der Waals surface area contributed by atoms with Crippen LogP contribution in [0.5, 0.6) is 0 Å². The number of allylic oxidation sites excluding steroid dienone is 2. The van der Waals surface area contributed by atoms with Gasteiger partial charge in [-0.3, -0.25) is 0 Å². The molecule has 0 unspecified atom stereocenters. The van der Waals surface area contributed by atoms with Crippen molar-refractivity contribution in [3.63, 3.8) is 0 Å². The van der Waals surface area contributed by atoms with E-state index in [0.717, 1.165) is 0 Å². The molecule has 0 saturated carbocycles. The summed E-state index contributed by atoms with van der Waals surface area (Å²) < 4.78 is 10.5. The molecule has 1 aliphatic rings. The maximum Gasteiger partial charge on any atom is 0.336 e. The molecule has 0 fully saturated rings. The summed E-state index contributed by atoms with van der Waals surface area (Å²) in [6, 6.07) is 5.03. The Balaban J connectivity index is 2.63. The molecule has 0 amide bonds. The molecule has 152 valence electrons. The maximum atomic E-state index is 12.8. The Morgan fingerprint density at radius 2 is 1.50 bits per heavy atom. The molecule has 0 saturated heterocycles. The first-order valence-electron chi connectivity index (χ1n) is 8.70. The third-order valence-corrected chi connectivity index (χ3v) is 5.03. The second-order valence-electron chi connectivity index (χ2n) is 6.13. The van der Waals surface area contributed by atoms with E-state index in [2.05, 4.69) is 5.32 Å². The van der Waals surface area contributed by atoms with Crippen LogP contribution in [0.2, 0.25) is 10.0 Å². The lowest BCUT2D eigenvalue weighted by Crippen LogP contribution is -2.33. The van der Waals surface area contributed by atoms with Crippen molar-refractivity contribution >= 4 is 35.1 Å². The number of hydrogen-bond donors (Lipinski definition) is 3. The number of benzene rings is 1. The summed E-state index contributed by atoms with van der Waals surface area (Å²) in [5.74, 6) is -2.02. The van der Waals surface area contributed by atoms with E-state index in [1.54, 1.807) is 32.0 Å². The van der Waals surface area contributed by atoms with Crippen molar-refractivity contribution in [2.45, 2.75) is 19.8 Å². The van der Waals surface area contributed by atoms with Crippen LogP contribution < -0.4 is 16.8 Å². The minimum absolute atomic E-state index is 0.0429. The van der Waals surface area contributed by atoms with Gasteiger partial charge in [0.1, 0.15) is 13.2 Å². The SMILES string of the molecule is CC1=C(C(=O)OCCN)C(c2cccc(Cl)c2Cl)C(C(=O)OCCN)=C(C)N1. The zero-order chi connectivity index (χ0) is 20.8. The standard InChI is InChI=1S/C19H23Cl2N3O4/c1-10-14(18(25)27-8-6-22)16(12-4-3-5-13(20)17(12)21)15(11(2)24-10)19(26)28-9-7-23/h3-5,16,24H,6-9,22-23H2,1-2H3. The molecule has 1 aromatic carbocycles. The average Bonchev–Trinajstić information content (AvgIpc) is 2.65. The molecule has 2 rings (SSSR count). The smallest absolute Gasteiger partial charge is 0.336 e. The fourth-order valence-electron chi connectivity index (χ4n) is 3.05. The van der Waals surface area contributed by atoms with Gasteiger partial charge in [-0.05, 0) is 25.5 Å². The first kappa shape index (κ1) is 22.2. The van der Waals surface area contributed by atoms with E-state index >= 15 is 0 Å². The van der Waals surface area contributed by atoms with Crippen LogP contribution in [0.1, 0.15) is 25.3 Å². The van der Waals surface area contributed by atoms with Gasteiger partial charge in [0.2, 0.25) is 0 Å². The molecule has 0 atom stereocenters. The van der Waals surface area contributed by atoms with Crippen LogP contribution in [0.15, 0.2) is 40.7 Å². The Bertz CT molecular complexity index is 794. The van der Waals surface area contributed by atoms with Crippen LogP contribution in [0, 0.1) is 0 Å². The summed E-state index contributed by atoms with van der Waals surface area (Å²) in [5, 5.41) is 3.59.